The van der Waals surface area contributed by atoms with Crippen molar-refractivity contribution in [3.05, 3.63) is 35.9 Å². The van der Waals surface area contributed by atoms with Crippen LogP contribution in [0.1, 0.15) is 44.1 Å². The first kappa shape index (κ1) is 18.2. The van der Waals surface area contributed by atoms with Crippen LogP contribution in [0.25, 0.3) is 0 Å². The Morgan fingerprint density at radius 2 is 1.92 bits per heavy atom. The van der Waals surface area contributed by atoms with E-state index in [1.54, 1.807) is 0 Å². The van der Waals surface area contributed by atoms with Crippen LogP contribution in [0, 0.1) is 0 Å². The van der Waals surface area contributed by atoms with Gasteiger partial charge in [-0.25, -0.2) is 4.79 Å². The zero-order valence-corrected chi connectivity index (χ0v) is 15.0. The summed E-state index contributed by atoms with van der Waals surface area (Å²) in [7, 11) is 0. The molecule has 0 radical (unpaired) electrons. The van der Waals surface area contributed by atoms with Gasteiger partial charge in [-0.05, 0) is 50.5 Å². The molecule has 2 aliphatic heterocycles. The van der Waals surface area contributed by atoms with Gasteiger partial charge in [-0.2, -0.15) is 0 Å². The molecule has 1 spiro atoms. The smallest absolute Gasteiger partial charge is 0.315 e. The summed E-state index contributed by atoms with van der Waals surface area (Å²) in [5.74, 6) is 0. The number of carbonyl (C=O) groups excluding carboxylic acids is 1. The Balaban J connectivity index is 1.31. The number of hydrogen-bond acceptors (Lipinski definition) is 3. The lowest BCUT2D eigenvalue weighted by Crippen LogP contribution is -2.52. The Hall–Kier alpha value is -1.59. The third-order valence-electron chi connectivity index (χ3n) is 5.25. The van der Waals surface area contributed by atoms with E-state index >= 15 is 0 Å². The van der Waals surface area contributed by atoms with Crippen LogP contribution in [0.3, 0.4) is 0 Å². The average molecular weight is 346 g/mol. The van der Waals surface area contributed by atoms with Gasteiger partial charge in [-0.3, -0.25) is 0 Å². The van der Waals surface area contributed by atoms with Gasteiger partial charge in [0.15, 0.2) is 0 Å². The number of amides is 2. The molecule has 2 aliphatic rings. The van der Waals surface area contributed by atoms with Gasteiger partial charge in [-0.1, -0.05) is 30.3 Å². The lowest BCUT2D eigenvalue weighted by atomic mass is 9.84. The minimum absolute atomic E-state index is 0.0474. The predicted octanol–water partition coefficient (Wildman–Crippen LogP) is 3.04. The minimum Gasteiger partial charge on any atom is -0.381 e. The van der Waals surface area contributed by atoms with Gasteiger partial charge in [0.1, 0.15) is 0 Å². The van der Waals surface area contributed by atoms with Gasteiger partial charge >= 0.3 is 6.03 Å². The van der Waals surface area contributed by atoms with E-state index < -0.39 is 0 Å². The van der Waals surface area contributed by atoms with Crippen molar-refractivity contribution < 1.29 is 14.3 Å². The van der Waals surface area contributed by atoms with Crippen molar-refractivity contribution in [1.29, 1.82) is 0 Å². The van der Waals surface area contributed by atoms with Crippen molar-refractivity contribution >= 4 is 6.03 Å². The number of hydrogen-bond donors (Lipinski definition) is 2. The van der Waals surface area contributed by atoms with Gasteiger partial charge < -0.3 is 20.1 Å². The summed E-state index contributed by atoms with van der Waals surface area (Å²) in [6.45, 7) is 2.98. The fraction of sp³-hybridized carbons (Fsp3) is 0.650. The molecule has 138 valence electrons. The highest BCUT2D eigenvalue weighted by molar-refractivity contribution is 5.74. The summed E-state index contributed by atoms with van der Waals surface area (Å²) in [6, 6.07) is 10.6. The van der Waals surface area contributed by atoms with Crippen molar-refractivity contribution in [3.8, 4) is 0 Å². The largest absolute Gasteiger partial charge is 0.381 e. The lowest BCUT2D eigenvalue weighted by molar-refractivity contribution is -0.139. The number of carbonyl (C=O) groups is 1. The number of aryl methyl sites for hydroxylation is 1. The first-order chi connectivity index (χ1) is 12.3. The maximum Gasteiger partial charge on any atom is 0.315 e. The zero-order chi connectivity index (χ0) is 17.4. The summed E-state index contributed by atoms with van der Waals surface area (Å²) in [5, 5.41) is 6.12. The van der Waals surface area contributed by atoms with E-state index in [0.29, 0.717) is 0 Å². The first-order valence-electron chi connectivity index (χ1n) is 9.56. The molecule has 2 fully saturated rings. The highest BCUT2D eigenvalue weighted by atomic mass is 16.5. The molecule has 1 atom stereocenters. The first-order valence-corrected chi connectivity index (χ1v) is 9.56. The van der Waals surface area contributed by atoms with Crippen molar-refractivity contribution in [2.24, 2.45) is 0 Å². The van der Waals surface area contributed by atoms with Crippen molar-refractivity contribution in [2.45, 2.75) is 56.6 Å². The number of ether oxygens (including phenoxy) is 2. The Labute approximate surface area is 150 Å². The molecule has 2 saturated heterocycles. The van der Waals surface area contributed by atoms with Crippen molar-refractivity contribution in [2.75, 3.05) is 26.4 Å². The molecule has 3 rings (SSSR count). The molecule has 0 bridgehead atoms. The number of rotatable bonds is 6. The van der Waals surface area contributed by atoms with Gasteiger partial charge in [0.25, 0.3) is 0 Å². The highest BCUT2D eigenvalue weighted by Crippen LogP contribution is 2.34. The summed E-state index contributed by atoms with van der Waals surface area (Å²) < 4.78 is 11.5. The third-order valence-corrected chi connectivity index (χ3v) is 5.25. The Kier molecular flexibility index (Phi) is 6.70. The quantitative estimate of drug-likeness (QED) is 0.779. The summed E-state index contributed by atoms with van der Waals surface area (Å²) in [6.07, 6.45) is 6.82. The maximum atomic E-state index is 12.1. The van der Waals surface area contributed by atoms with Crippen LogP contribution in [-0.2, 0) is 15.9 Å². The van der Waals surface area contributed by atoms with E-state index in [-0.39, 0.29) is 17.7 Å². The van der Waals surface area contributed by atoms with Crippen LogP contribution in [0.15, 0.2) is 30.3 Å². The molecule has 1 unspecified atom stereocenters. The zero-order valence-electron chi connectivity index (χ0n) is 15.0. The van der Waals surface area contributed by atoms with Gasteiger partial charge in [0.2, 0.25) is 0 Å². The van der Waals surface area contributed by atoms with Crippen LogP contribution in [0.5, 0.6) is 0 Å². The van der Waals surface area contributed by atoms with Crippen LogP contribution < -0.4 is 10.6 Å². The fourth-order valence-corrected chi connectivity index (χ4v) is 3.78. The summed E-state index contributed by atoms with van der Waals surface area (Å²) >= 11 is 0. The van der Waals surface area contributed by atoms with E-state index in [2.05, 4.69) is 34.9 Å². The molecular weight excluding hydrogens is 316 g/mol. The molecule has 0 saturated carbocycles. The molecule has 2 amide bonds. The molecule has 25 heavy (non-hydrogen) atoms. The molecule has 0 aromatic heterocycles. The third kappa shape index (κ3) is 5.72. The van der Waals surface area contributed by atoms with E-state index in [4.69, 9.17) is 9.47 Å². The van der Waals surface area contributed by atoms with Gasteiger partial charge in [-0.15, -0.1) is 0 Å². The molecular formula is C20H30N2O3. The van der Waals surface area contributed by atoms with Crippen LogP contribution in [0.2, 0.25) is 0 Å². The number of benzene rings is 1. The van der Waals surface area contributed by atoms with Gasteiger partial charge in [0.05, 0.1) is 5.60 Å². The van der Waals surface area contributed by atoms with Gasteiger partial charge in [0, 0.05) is 32.4 Å². The number of unbranched alkanes of at least 4 members (excludes halogenated alkanes) is 1. The van der Waals surface area contributed by atoms with Crippen LogP contribution in [0.4, 0.5) is 4.79 Å². The molecule has 2 N–H and O–H groups in total. The minimum atomic E-state index is -0.0792. The second-order valence-corrected chi connectivity index (χ2v) is 7.18. The highest BCUT2D eigenvalue weighted by Gasteiger charge is 2.39. The van der Waals surface area contributed by atoms with Crippen LogP contribution in [-0.4, -0.2) is 44.0 Å². The SMILES string of the molecule is O=C(NCCCCc1ccccc1)NC1CCOC2(CCOCC2)C1. The average Bonchev–Trinajstić information content (AvgIpc) is 2.63. The Morgan fingerprint density at radius 1 is 1.12 bits per heavy atom. The van der Waals surface area contributed by atoms with E-state index in [1.165, 1.54) is 5.56 Å². The Morgan fingerprint density at radius 3 is 2.72 bits per heavy atom. The fourth-order valence-electron chi connectivity index (χ4n) is 3.78. The second-order valence-electron chi connectivity index (χ2n) is 7.18. The molecule has 0 aliphatic carbocycles. The second kappa shape index (κ2) is 9.20. The number of urea groups is 1. The summed E-state index contributed by atoms with van der Waals surface area (Å²) in [5.41, 5.74) is 1.28. The number of nitrogens with one attached hydrogen (secondary N) is 2. The van der Waals surface area contributed by atoms with Crippen LogP contribution >= 0.6 is 0 Å². The lowest BCUT2D eigenvalue weighted by Gasteiger charge is -2.43. The predicted molar refractivity (Wildman–Crippen MR) is 97.7 cm³/mol. The van der Waals surface area contributed by atoms with Crippen molar-refractivity contribution in [1.82, 2.24) is 10.6 Å². The van der Waals surface area contributed by atoms with E-state index in [1.807, 2.05) is 6.07 Å². The van der Waals surface area contributed by atoms with E-state index in [0.717, 1.165) is 71.3 Å². The standard InChI is InChI=1S/C20H30N2O3/c23-19(21-12-5-4-8-17-6-2-1-3-7-17)22-18-9-13-25-20(16-18)10-14-24-15-11-20/h1-3,6-7,18H,4-5,8-16H2,(H2,21,22,23). The maximum absolute atomic E-state index is 12.1. The monoisotopic (exact) mass is 346 g/mol. The summed E-state index contributed by atoms with van der Waals surface area (Å²) in [4.78, 5) is 12.1. The molecule has 1 aromatic carbocycles. The normalized spacial score (nSPS) is 22.5. The van der Waals surface area contributed by atoms with E-state index in [9.17, 15) is 4.79 Å². The molecule has 5 nitrogen and oxygen atoms in total. The van der Waals surface area contributed by atoms with Crippen molar-refractivity contribution in [3.63, 3.8) is 0 Å². The molecule has 2 heterocycles. The topological polar surface area (TPSA) is 59.6 Å². The molecule has 5 heteroatoms. The Bertz CT molecular complexity index is 523. The molecule has 1 aromatic rings.